The molecule has 0 amide bonds. The van der Waals surface area contributed by atoms with Gasteiger partial charge < -0.3 is 10.5 Å². The molecule has 1 saturated carbocycles. The van der Waals surface area contributed by atoms with Crippen LogP contribution in [0.3, 0.4) is 0 Å². The molecule has 2 N–H and O–H groups in total. The normalized spacial score (nSPS) is 24.1. The zero-order chi connectivity index (χ0) is 13.0. The second kappa shape index (κ2) is 6.44. The smallest absolute Gasteiger partial charge is 0.0755 e. The van der Waals surface area contributed by atoms with Crippen LogP contribution in [0.4, 0.5) is 5.69 Å². The summed E-state index contributed by atoms with van der Waals surface area (Å²) in [6.07, 6.45) is 6.61. The molecule has 1 aromatic carbocycles. The van der Waals surface area contributed by atoms with Crippen molar-refractivity contribution < 1.29 is 4.74 Å². The summed E-state index contributed by atoms with van der Waals surface area (Å²) in [4.78, 5) is 0. The van der Waals surface area contributed by atoms with Crippen molar-refractivity contribution in [3.05, 3.63) is 28.8 Å². The molecule has 0 saturated heterocycles. The Morgan fingerprint density at radius 1 is 1.39 bits per heavy atom. The SMILES string of the molecule is CCC1CCCC(OCc2c(N)cccc2Cl)C1. The second-order valence-electron chi connectivity index (χ2n) is 5.18. The highest BCUT2D eigenvalue weighted by Crippen LogP contribution is 2.30. The van der Waals surface area contributed by atoms with Crippen LogP contribution >= 0.6 is 11.6 Å². The molecular formula is C15H22ClNO. The third-order valence-electron chi connectivity index (χ3n) is 3.93. The van der Waals surface area contributed by atoms with E-state index in [0.717, 1.165) is 17.2 Å². The van der Waals surface area contributed by atoms with Crippen molar-refractivity contribution in [1.29, 1.82) is 0 Å². The van der Waals surface area contributed by atoms with E-state index in [4.69, 9.17) is 22.1 Å². The summed E-state index contributed by atoms with van der Waals surface area (Å²) in [6.45, 7) is 2.80. The van der Waals surface area contributed by atoms with Crippen molar-refractivity contribution in [1.82, 2.24) is 0 Å². The number of hydrogen-bond acceptors (Lipinski definition) is 2. The van der Waals surface area contributed by atoms with Crippen LogP contribution < -0.4 is 5.73 Å². The number of anilines is 1. The van der Waals surface area contributed by atoms with Gasteiger partial charge in [-0.25, -0.2) is 0 Å². The van der Waals surface area contributed by atoms with Gasteiger partial charge in [0.05, 0.1) is 12.7 Å². The molecule has 1 aromatic rings. The fourth-order valence-electron chi connectivity index (χ4n) is 2.69. The fourth-order valence-corrected chi connectivity index (χ4v) is 2.93. The number of nitrogens with two attached hydrogens (primary N) is 1. The highest BCUT2D eigenvalue weighted by molar-refractivity contribution is 6.31. The molecule has 0 heterocycles. The van der Waals surface area contributed by atoms with Crippen LogP contribution in [0.25, 0.3) is 0 Å². The molecule has 0 radical (unpaired) electrons. The number of ether oxygens (including phenoxy) is 1. The summed E-state index contributed by atoms with van der Waals surface area (Å²) >= 11 is 6.14. The molecule has 0 aromatic heterocycles. The lowest BCUT2D eigenvalue weighted by atomic mass is 9.85. The maximum absolute atomic E-state index is 6.14. The van der Waals surface area contributed by atoms with E-state index >= 15 is 0 Å². The first kappa shape index (κ1) is 13.7. The van der Waals surface area contributed by atoms with Crippen molar-refractivity contribution >= 4 is 17.3 Å². The third kappa shape index (κ3) is 3.39. The van der Waals surface area contributed by atoms with Crippen LogP contribution in [0.15, 0.2) is 18.2 Å². The minimum absolute atomic E-state index is 0.374. The summed E-state index contributed by atoms with van der Waals surface area (Å²) in [5.41, 5.74) is 7.58. The largest absolute Gasteiger partial charge is 0.398 e. The fraction of sp³-hybridized carbons (Fsp3) is 0.600. The van der Waals surface area contributed by atoms with Crippen molar-refractivity contribution in [2.24, 2.45) is 5.92 Å². The van der Waals surface area contributed by atoms with Gasteiger partial charge >= 0.3 is 0 Å². The van der Waals surface area contributed by atoms with E-state index in [-0.39, 0.29) is 0 Å². The molecule has 1 aliphatic carbocycles. The van der Waals surface area contributed by atoms with Gasteiger partial charge in [0.15, 0.2) is 0 Å². The molecule has 2 rings (SSSR count). The van der Waals surface area contributed by atoms with Gasteiger partial charge in [0.2, 0.25) is 0 Å². The lowest BCUT2D eigenvalue weighted by Crippen LogP contribution is -2.22. The topological polar surface area (TPSA) is 35.2 Å². The molecule has 2 atom stereocenters. The molecule has 100 valence electrons. The van der Waals surface area contributed by atoms with Gasteiger partial charge in [-0.05, 0) is 30.9 Å². The number of benzene rings is 1. The van der Waals surface area contributed by atoms with Gasteiger partial charge in [-0.2, -0.15) is 0 Å². The van der Waals surface area contributed by atoms with Crippen LogP contribution in [0.5, 0.6) is 0 Å². The number of halogens is 1. The molecular weight excluding hydrogens is 246 g/mol. The Labute approximate surface area is 114 Å². The Bertz CT molecular complexity index is 374. The lowest BCUT2D eigenvalue weighted by molar-refractivity contribution is 0.00205. The summed E-state index contributed by atoms with van der Waals surface area (Å²) in [6, 6.07) is 5.61. The number of nitrogen functional groups attached to an aromatic ring is 1. The molecule has 0 aliphatic heterocycles. The quantitative estimate of drug-likeness (QED) is 0.821. The average Bonchev–Trinajstić information content (AvgIpc) is 2.38. The summed E-state index contributed by atoms with van der Waals surface area (Å²) in [5, 5.41) is 0.706. The van der Waals surface area contributed by atoms with E-state index in [9.17, 15) is 0 Å². The van der Waals surface area contributed by atoms with E-state index in [1.54, 1.807) is 0 Å². The minimum Gasteiger partial charge on any atom is -0.398 e. The highest BCUT2D eigenvalue weighted by Gasteiger charge is 2.21. The van der Waals surface area contributed by atoms with Gasteiger partial charge in [-0.3, -0.25) is 0 Å². The predicted octanol–water partition coefficient (Wildman–Crippen LogP) is 4.41. The molecule has 2 unspecified atom stereocenters. The first-order valence-corrected chi connectivity index (χ1v) is 7.23. The van der Waals surface area contributed by atoms with Crippen LogP contribution in [0.1, 0.15) is 44.6 Å². The molecule has 3 heteroatoms. The third-order valence-corrected chi connectivity index (χ3v) is 4.28. The van der Waals surface area contributed by atoms with Crippen molar-refractivity contribution in [2.75, 3.05) is 5.73 Å². The van der Waals surface area contributed by atoms with E-state index in [1.807, 2.05) is 18.2 Å². The first-order chi connectivity index (χ1) is 8.70. The first-order valence-electron chi connectivity index (χ1n) is 6.85. The Hall–Kier alpha value is -0.730. The maximum Gasteiger partial charge on any atom is 0.0755 e. The van der Waals surface area contributed by atoms with Crippen LogP contribution in [-0.4, -0.2) is 6.10 Å². The zero-order valence-electron chi connectivity index (χ0n) is 11.0. The van der Waals surface area contributed by atoms with E-state index in [0.29, 0.717) is 17.7 Å². The molecule has 1 fully saturated rings. The Morgan fingerprint density at radius 3 is 2.94 bits per heavy atom. The predicted molar refractivity (Wildman–Crippen MR) is 76.7 cm³/mol. The number of rotatable bonds is 4. The maximum atomic E-state index is 6.14. The van der Waals surface area contributed by atoms with Crippen LogP contribution in [-0.2, 0) is 11.3 Å². The Balaban J connectivity index is 1.91. The van der Waals surface area contributed by atoms with E-state index in [1.165, 1.54) is 32.1 Å². The Kier molecular flexibility index (Phi) is 4.90. The lowest BCUT2D eigenvalue weighted by Gasteiger charge is -2.28. The monoisotopic (exact) mass is 267 g/mol. The van der Waals surface area contributed by atoms with Crippen molar-refractivity contribution in [3.63, 3.8) is 0 Å². The van der Waals surface area contributed by atoms with Gasteiger partial charge in [0.25, 0.3) is 0 Å². The van der Waals surface area contributed by atoms with Gasteiger partial charge in [-0.1, -0.05) is 43.9 Å². The average molecular weight is 268 g/mol. The highest BCUT2D eigenvalue weighted by atomic mass is 35.5. The minimum atomic E-state index is 0.374. The van der Waals surface area contributed by atoms with E-state index in [2.05, 4.69) is 6.92 Å². The Morgan fingerprint density at radius 2 is 2.22 bits per heavy atom. The number of hydrogen-bond donors (Lipinski definition) is 1. The summed E-state index contributed by atoms with van der Waals surface area (Å²) in [5.74, 6) is 0.826. The van der Waals surface area contributed by atoms with Crippen LogP contribution in [0, 0.1) is 5.92 Å². The second-order valence-corrected chi connectivity index (χ2v) is 5.59. The molecule has 0 spiro atoms. The van der Waals surface area contributed by atoms with Crippen molar-refractivity contribution in [3.8, 4) is 0 Å². The van der Waals surface area contributed by atoms with Gasteiger partial charge in [0, 0.05) is 16.3 Å². The molecule has 0 bridgehead atoms. The van der Waals surface area contributed by atoms with Gasteiger partial charge in [-0.15, -0.1) is 0 Å². The zero-order valence-corrected chi connectivity index (χ0v) is 11.7. The van der Waals surface area contributed by atoms with Crippen molar-refractivity contribution in [2.45, 2.75) is 51.7 Å². The summed E-state index contributed by atoms with van der Waals surface area (Å²) in [7, 11) is 0. The standard InChI is InChI=1S/C15H22ClNO/c1-2-11-5-3-6-12(9-11)18-10-13-14(16)7-4-8-15(13)17/h4,7-8,11-12H,2-3,5-6,9-10,17H2,1H3. The van der Waals surface area contributed by atoms with E-state index < -0.39 is 0 Å². The molecule has 18 heavy (non-hydrogen) atoms. The van der Waals surface area contributed by atoms with Gasteiger partial charge in [0.1, 0.15) is 0 Å². The molecule has 2 nitrogen and oxygen atoms in total. The molecule has 1 aliphatic rings. The summed E-state index contributed by atoms with van der Waals surface area (Å²) < 4.78 is 6.00. The van der Waals surface area contributed by atoms with Crippen LogP contribution in [0.2, 0.25) is 5.02 Å².